The van der Waals surface area contributed by atoms with Crippen molar-refractivity contribution in [2.45, 2.75) is 71.9 Å². The first-order chi connectivity index (χ1) is 14.5. The van der Waals surface area contributed by atoms with Crippen LogP contribution in [0.2, 0.25) is 0 Å². The number of rotatable bonds is 8. The van der Waals surface area contributed by atoms with Crippen LogP contribution in [0.15, 0.2) is 35.7 Å². The molecule has 0 bridgehead atoms. The highest BCUT2D eigenvalue weighted by molar-refractivity contribution is 7.10. The van der Waals surface area contributed by atoms with Gasteiger partial charge in [-0.05, 0) is 55.7 Å². The minimum absolute atomic E-state index is 0.0440. The predicted octanol–water partition coefficient (Wildman–Crippen LogP) is 5.35. The second-order valence-electron chi connectivity index (χ2n) is 8.33. The average molecular weight is 427 g/mol. The van der Waals surface area contributed by atoms with Crippen molar-refractivity contribution in [3.8, 4) is 0 Å². The summed E-state index contributed by atoms with van der Waals surface area (Å²) in [6.45, 7) is 9.15. The molecule has 0 saturated carbocycles. The Morgan fingerprint density at radius 1 is 1.20 bits per heavy atom. The molecule has 4 nitrogen and oxygen atoms in total. The number of carbonyl (C=O) groups is 2. The van der Waals surface area contributed by atoms with Crippen LogP contribution in [-0.4, -0.2) is 40.7 Å². The lowest BCUT2D eigenvalue weighted by atomic mass is 9.92. The van der Waals surface area contributed by atoms with Gasteiger partial charge in [0.1, 0.15) is 6.54 Å². The van der Waals surface area contributed by atoms with E-state index in [9.17, 15) is 9.59 Å². The van der Waals surface area contributed by atoms with Crippen LogP contribution in [0.4, 0.5) is 0 Å². The van der Waals surface area contributed by atoms with Gasteiger partial charge in [-0.3, -0.25) is 9.59 Å². The quantitative estimate of drug-likeness (QED) is 0.571. The number of amides is 2. The van der Waals surface area contributed by atoms with Crippen LogP contribution >= 0.6 is 11.3 Å². The standard InChI is InChI=1S/C25H34N2O2S/c1-5-7-8-23(28)27(19(4)6-2)17-24(29)26-15-13-22-21(14-16-30-22)25(26)20-11-9-18(3)10-12-20/h9-12,14,16,19,25H,5-8,13,15,17H2,1-4H3/t19-,25+/m1/s1. The molecule has 0 N–H and O–H groups in total. The molecule has 1 aliphatic heterocycles. The number of hydrogen-bond donors (Lipinski definition) is 0. The van der Waals surface area contributed by atoms with Crippen LogP contribution in [0.25, 0.3) is 0 Å². The van der Waals surface area contributed by atoms with Crippen molar-refractivity contribution in [2.24, 2.45) is 0 Å². The zero-order valence-electron chi connectivity index (χ0n) is 18.7. The highest BCUT2D eigenvalue weighted by atomic mass is 32.1. The number of nitrogens with zero attached hydrogens (tertiary/aromatic N) is 2. The fourth-order valence-electron chi connectivity index (χ4n) is 4.11. The summed E-state index contributed by atoms with van der Waals surface area (Å²) in [5, 5.41) is 2.12. The van der Waals surface area contributed by atoms with E-state index in [1.165, 1.54) is 16.0 Å². The molecule has 1 aromatic carbocycles. The van der Waals surface area contributed by atoms with E-state index in [-0.39, 0.29) is 30.4 Å². The molecular weight excluding hydrogens is 392 g/mol. The van der Waals surface area contributed by atoms with Crippen LogP contribution in [0, 0.1) is 6.92 Å². The van der Waals surface area contributed by atoms with E-state index in [4.69, 9.17) is 0 Å². The van der Waals surface area contributed by atoms with Crippen molar-refractivity contribution < 1.29 is 9.59 Å². The highest BCUT2D eigenvalue weighted by Crippen LogP contribution is 2.38. The van der Waals surface area contributed by atoms with Gasteiger partial charge < -0.3 is 9.80 Å². The molecular formula is C25H34N2O2S. The van der Waals surface area contributed by atoms with Crippen LogP contribution in [0.1, 0.15) is 74.1 Å². The third-order valence-corrected chi connectivity index (χ3v) is 7.17. The van der Waals surface area contributed by atoms with Gasteiger partial charge in [0.2, 0.25) is 11.8 Å². The van der Waals surface area contributed by atoms with Gasteiger partial charge in [-0.1, -0.05) is 50.1 Å². The molecule has 0 radical (unpaired) electrons. The Labute approximate surface area is 184 Å². The lowest BCUT2D eigenvalue weighted by molar-refractivity contribution is -0.143. The topological polar surface area (TPSA) is 40.6 Å². The number of carbonyl (C=O) groups excluding carboxylic acids is 2. The maximum Gasteiger partial charge on any atom is 0.243 e. The van der Waals surface area contributed by atoms with Crippen LogP contribution < -0.4 is 0 Å². The molecule has 2 atom stereocenters. The van der Waals surface area contributed by atoms with E-state index >= 15 is 0 Å². The summed E-state index contributed by atoms with van der Waals surface area (Å²) in [7, 11) is 0. The molecule has 0 saturated heterocycles. The first-order valence-electron chi connectivity index (χ1n) is 11.2. The Morgan fingerprint density at radius 3 is 2.60 bits per heavy atom. The largest absolute Gasteiger partial charge is 0.331 e. The summed E-state index contributed by atoms with van der Waals surface area (Å²) >= 11 is 1.77. The first kappa shape index (κ1) is 22.5. The Kier molecular flexibility index (Phi) is 7.70. The number of hydrogen-bond acceptors (Lipinski definition) is 3. The van der Waals surface area contributed by atoms with Gasteiger partial charge in [-0.2, -0.15) is 0 Å². The molecule has 30 heavy (non-hydrogen) atoms. The third-order valence-electron chi connectivity index (χ3n) is 6.17. The first-order valence-corrected chi connectivity index (χ1v) is 12.1. The summed E-state index contributed by atoms with van der Waals surface area (Å²) in [6, 6.07) is 10.6. The van der Waals surface area contributed by atoms with E-state index in [0.29, 0.717) is 13.0 Å². The number of fused-ring (bicyclic) bond motifs is 1. The molecule has 162 valence electrons. The van der Waals surface area contributed by atoms with Crippen molar-refractivity contribution >= 4 is 23.2 Å². The lowest BCUT2D eigenvalue weighted by Crippen LogP contribution is -2.49. The summed E-state index contributed by atoms with van der Waals surface area (Å²) < 4.78 is 0. The Morgan fingerprint density at radius 2 is 1.93 bits per heavy atom. The SMILES string of the molecule is CCCCC(=O)N(CC(=O)N1CCc2sccc2[C@@H]1c1ccc(C)cc1)[C@H](C)CC. The van der Waals surface area contributed by atoms with Crippen molar-refractivity contribution in [1.29, 1.82) is 0 Å². The Bertz CT molecular complexity index is 858. The summed E-state index contributed by atoms with van der Waals surface area (Å²) in [5.74, 6) is 0.141. The van der Waals surface area contributed by atoms with Crippen LogP contribution in [0.5, 0.6) is 0 Å². The summed E-state index contributed by atoms with van der Waals surface area (Å²) in [5.41, 5.74) is 3.58. The van der Waals surface area contributed by atoms with Crippen molar-refractivity contribution in [2.75, 3.05) is 13.1 Å². The van der Waals surface area contributed by atoms with Gasteiger partial charge in [0, 0.05) is 23.9 Å². The maximum atomic E-state index is 13.5. The minimum atomic E-state index is -0.0716. The van der Waals surface area contributed by atoms with E-state index in [2.05, 4.69) is 56.5 Å². The van der Waals surface area contributed by atoms with E-state index in [1.807, 2.05) is 11.8 Å². The second kappa shape index (κ2) is 10.3. The van der Waals surface area contributed by atoms with Crippen molar-refractivity contribution in [3.05, 3.63) is 57.3 Å². The molecule has 1 aliphatic rings. The number of thiophene rings is 1. The number of aryl methyl sites for hydroxylation is 1. The average Bonchev–Trinajstić information content (AvgIpc) is 3.24. The van der Waals surface area contributed by atoms with Gasteiger partial charge in [-0.25, -0.2) is 0 Å². The fraction of sp³-hybridized carbons (Fsp3) is 0.520. The smallest absolute Gasteiger partial charge is 0.243 e. The van der Waals surface area contributed by atoms with Gasteiger partial charge in [0.15, 0.2) is 0 Å². The van der Waals surface area contributed by atoms with E-state index in [1.54, 1.807) is 16.2 Å². The summed E-state index contributed by atoms with van der Waals surface area (Å²) in [6.07, 6.45) is 4.10. The van der Waals surface area contributed by atoms with Gasteiger partial charge in [0.25, 0.3) is 0 Å². The monoisotopic (exact) mass is 426 g/mol. The van der Waals surface area contributed by atoms with E-state index in [0.717, 1.165) is 31.2 Å². The molecule has 5 heteroatoms. The third kappa shape index (κ3) is 4.94. The maximum absolute atomic E-state index is 13.5. The highest BCUT2D eigenvalue weighted by Gasteiger charge is 2.34. The van der Waals surface area contributed by atoms with Crippen molar-refractivity contribution in [3.63, 3.8) is 0 Å². The molecule has 0 unspecified atom stereocenters. The molecule has 2 aromatic rings. The zero-order chi connectivity index (χ0) is 21.7. The molecule has 0 spiro atoms. The van der Waals surface area contributed by atoms with Gasteiger partial charge in [-0.15, -0.1) is 11.3 Å². The van der Waals surface area contributed by atoms with Crippen LogP contribution in [-0.2, 0) is 16.0 Å². The molecule has 3 rings (SSSR count). The molecule has 1 aromatic heterocycles. The molecule has 2 heterocycles. The van der Waals surface area contributed by atoms with Gasteiger partial charge >= 0.3 is 0 Å². The second-order valence-corrected chi connectivity index (χ2v) is 9.33. The molecule has 2 amide bonds. The van der Waals surface area contributed by atoms with Crippen molar-refractivity contribution in [1.82, 2.24) is 9.80 Å². The summed E-state index contributed by atoms with van der Waals surface area (Å²) in [4.78, 5) is 31.5. The van der Waals surface area contributed by atoms with E-state index < -0.39 is 0 Å². The Hall–Kier alpha value is -2.14. The number of unbranched alkanes of at least 4 members (excludes halogenated alkanes) is 1. The van der Waals surface area contributed by atoms with Crippen LogP contribution in [0.3, 0.4) is 0 Å². The number of benzene rings is 1. The lowest BCUT2D eigenvalue weighted by Gasteiger charge is -2.38. The Balaban J connectivity index is 1.86. The fourth-order valence-corrected chi connectivity index (χ4v) is 5.02. The normalized spacial score (nSPS) is 16.8. The molecule has 0 aliphatic carbocycles. The van der Waals surface area contributed by atoms with Gasteiger partial charge in [0.05, 0.1) is 6.04 Å². The zero-order valence-corrected chi connectivity index (χ0v) is 19.5. The predicted molar refractivity (Wildman–Crippen MR) is 124 cm³/mol. The minimum Gasteiger partial charge on any atom is -0.331 e. The molecule has 0 fully saturated rings.